The molecule has 1 atom stereocenters. The molecule has 0 aliphatic rings. The van der Waals surface area contributed by atoms with Crippen molar-refractivity contribution < 1.29 is 27.8 Å². The summed E-state index contributed by atoms with van der Waals surface area (Å²) in [6, 6.07) is 0.948. The molecule has 0 radical (unpaired) electrons. The summed E-state index contributed by atoms with van der Waals surface area (Å²) in [5.74, 6) is -0.761. The third-order valence-corrected chi connectivity index (χ3v) is 2.05. The van der Waals surface area contributed by atoms with Gasteiger partial charge in [-0.3, -0.25) is 0 Å². The Morgan fingerprint density at radius 2 is 2.12 bits per heavy atom. The third kappa shape index (κ3) is 2.35. The van der Waals surface area contributed by atoms with Crippen LogP contribution in [0.1, 0.15) is 22.2 Å². The Labute approximate surface area is 89.2 Å². The first-order chi connectivity index (χ1) is 7.27. The molecule has 1 aromatic rings. The molecule has 0 spiro atoms. The topological polar surface area (TPSA) is 51.5 Å². The van der Waals surface area contributed by atoms with Crippen molar-refractivity contribution in [2.45, 2.75) is 12.3 Å². The number of aliphatic hydroxyl groups is 1. The van der Waals surface area contributed by atoms with Gasteiger partial charge in [0.05, 0.1) is 7.11 Å². The first kappa shape index (κ1) is 12.6. The van der Waals surface area contributed by atoms with Crippen molar-refractivity contribution in [2.75, 3.05) is 7.11 Å². The van der Waals surface area contributed by atoms with Gasteiger partial charge < -0.3 is 14.4 Å². The summed E-state index contributed by atoms with van der Waals surface area (Å²) in [6.07, 6.45) is -6.32. The molecule has 1 N–H and O–H groups in total. The number of aliphatic hydroxyl groups excluding tert-OH is 1. The van der Waals surface area contributed by atoms with Crippen molar-refractivity contribution in [3.63, 3.8) is 0 Å². The molecule has 1 rings (SSSR count). The van der Waals surface area contributed by atoms with E-state index in [1.54, 1.807) is 0 Å². The number of aryl methyl sites for hydroxylation is 1. The van der Waals surface area contributed by atoms with E-state index >= 15 is 0 Å². The summed E-state index contributed by atoms with van der Waals surface area (Å²) in [7, 11) is 2.51. The summed E-state index contributed by atoms with van der Waals surface area (Å²) in [5.41, 5.74) is -0.448. The first-order valence-electron chi connectivity index (χ1n) is 4.26. The van der Waals surface area contributed by atoms with E-state index in [1.807, 2.05) is 0 Å². The first-order valence-corrected chi connectivity index (χ1v) is 4.26. The van der Waals surface area contributed by atoms with Gasteiger partial charge in [-0.05, 0) is 6.07 Å². The van der Waals surface area contributed by atoms with Crippen LogP contribution < -0.4 is 0 Å². The molecule has 0 fully saturated rings. The molecular weight excluding hydrogens is 227 g/mol. The predicted octanol–water partition coefficient (Wildman–Crippen LogP) is 1.41. The van der Waals surface area contributed by atoms with E-state index in [1.165, 1.54) is 7.05 Å². The van der Waals surface area contributed by atoms with Crippen molar-refractivity contribution in [1.29, 1.82) is 0 Å². The van der Waals surface area contributed by atoms with Gasteiger partial charge in [0.1, 0.15) is 5.69 Å². The monoisotopic (exact) mass is 237 g/mol. The molecule has 4 nitrogen and oxygen atoms in total. The molecule has 7 heteroatoms. The average Bonchev–Trinajstić information content (AvgIpc) is 2.56. The number of ether oxygens (including phenoxy) is 1. The Morgan fingerprint density at radius 1 is 1.56 bits per heavy atom. The van der Waals surface area contributed by atoms with Crippen LogP contribution in [0, 0.1) is 0 Å². The average molecular weight is 237 g/mol. The van der Waals surface area contributed by atoms with Gasteiger partial charge in [0.25, 0.3) is 0 Å². The molecule has 1 heterocycles. The number of hydrogen-bond acceptors (Lipinski definition) is 3. The summed E-state index contributed by atoms with van der Waals surface area (Å²) in [6.45, 7) is 0. The van der Waals surface area contributed by atoms with Crippen LogP contribution in [-0.2, 0) is 11.8 Å². The zero-order valence-corrected chi connectivity index (χ0v) is 8.58. The van der Waals surface area contributed by atoms with Gasteiger partial charge in [0.15, 0.2) is 6.10 Å². The zero-order valence-electron chi connectivity index (χ0n) is 8.58. The third-order valence-electron chi connectivity index (χ3n) is 2.05. The second-order valence-electron chi connectivity index (χ2n) is 3.21. The minimum absolute atomic E-state index is 0.0548. The fourth-order valence-electron chi connectivity index (χ4n) is 1.24. The van der Waals surface area contributed by atoms with Crippen LogP contribution in [0.5, 0.6) is 0 Å². The summed E-state index contributed by atoms with van der Waals surface area (Å²) >= 11 is 0. The quantitative estimate of drug-likeness (QED) is 0.791. The lowest BCUT2D eigenvalue weighted by molar-refractivity contribution is -0.206. The predicted molar refractivity (Wildman–Crippen MR) is 47.8 cm³/mol. The van der Waals surface area contributed by atoms with Crippen molar-refractivity contribution in [1.82, 2.24) is 4.57 Å². The highest BCUT2D eigenvalue weighted by atomic mass is 19.4. The minimum atomic E-state index is -4.76. The van der Waals surface area contributed by atoms with Crippen molar-refractivity contribution >= 4 is 5.97 Å². The summed E-state index contributed by atoms with van der Waals surface area (Å²) in [4.78, 5) is 11.1. The maximum atomic E-state index is 12.2. The highest BCUT2D eigenvalue weighted by molar-refractivity contribution is 5.87. The number of halogens is 3. The molecule has 0 aromatic carbocycles. The Hall–Kier alpha value is -1.50. The SMILES string of the molecule is COC(=O)c1cc([C@@H](O)C(F)(F)F)cn1C. The standard InChI is InChI=1S/C9H10F3NO3/c1-13-4-5(7(14)9(10,11)12)3-6(13)8(15)16-2/h3-4,7,14H,1-2H3/t7-/m1/s1. The zero-order chi connectivity index (χ0) is 12.5. The van der Waals surface area contributed by atoms with E-state index in [-0.39, 0.29) is 5.69 Å². The Kier molecular flexibility index (Phi) is 3.27. The van der Waals surface area contributed by atoms with Gasteiger partial charge in [0, 0.05) is 18.8 Å². The van der Waals surface area contributed by atoms with Gasteiger partial charge in [-0.25, -0.2) is 4.79 Å². The molecule has 16 heavy (non-hydrogen) atoms. The smallest absolute Gasteiger partial charge is 0.418 e. The molecule has 90 valence electrons. The van der Waals surface area contributed by atoms with E-state index < -0.39 is 23.8 Å². The van der Waals surface area contributed by atoms with Crippen LogP contribution in [0.3, 0.4) is 0 Å². The van der Waals surface area contributed by atoms with Crippen LogP contribution in [0.25, 0.3) is 0 Å². The molecular formula is C9H10F3NO3. The number of aromatic nitrogens is 1. The van der Waals surface area contributed by atoms with E-state index in [2.05, 4.69) is 4.74 Å². The Balaban J connectivity index is 3.06. The molecule has 0 saturated carbocycles. The maximum absolute atomic E-state index is 12.2. The van der Waals surface area contributed by atoms with Crippen molar-refractivity contribution in [3.05, 3.63) is 23.5 Å². The Bertz CT molecular complexity index is 397. The fraction of sp³-hybridized carbons (Fsp3) is 0.444. The lowest BCUT2D eigenvalue weighted by atomic mass is 10.2. The van der Waals surface area contributed by atoms with Gasteiger partial charge in [-0.2, -0.15) is 13.2 Å². The van der Waals surface area contributed by atoms with E-state index in [9.17, 15) is 18.0 Å². The second kappa shape index (κ2) is 4.17. The van der Waals surface area contributed by atoms with Crippen LogP contribution >= 0.6 is 0 Å². The van der Waals surface area contributed by atoms with E-state index in [0.717, 1.165) is 23.9 Å². The number of alkyl halides is 3. The number of rotatable bonds is 2. The normalized spacial score (nSPS) is 13.6. The van der Waals surface area contributed by atoms with Gasteiger partial charge in [0.2, 0.25) is 0 Å². The van der Waals surface area contributed by atoms with Gasteiger partial charge >= 0.3 is 12.1 Å². The van der Waals surface area contributed by atoms with E-state index in [4.69, 9.17) is 5.11 Å². The molecule has 0 amide bonds. The molecule has 0 saturated heterocycles. The lowest BCUT2D eigenvalue weighted by Gasteiger charge is -2.12. The van der Waals surface area contributed by atoms with Crippen LogP contribution in [-0.4, -0.2) is 28.9 Å². The highest BCUT2D eigenvalue weighted by Gasteiger charge is 2.40. The highest BCUT2D eigenvalue weighted by Crippen LogP contribution is 2.33. The lowest BCUT2D eigenvalue weighted by Crippen LogP contribution is -2.19. The minimum Gasteiger partial charge on any atom is -0.464 e. The number of carbonyl (C=O) groups is 1. The molecule has 0 aliphatic heterocycles. The van der Waals surface area contributed by atoms with Crippen molar-refractivity contribution in [3.8, 4) is 0 Å². The number of methoxy groups -OCH3 is 1. The van der Waals surface area contributed by atoms with Crippen molar-refractivity contribution in [2.24, 2.45) is 7.05 Å². The molecule has 0 unspecified atom stereocenters. The maximum Gasteiger partial charge on any atom is 0.418 e. The number of carbonyl (C=O) groups excluding carboxylic acids is 1. The Morgan fingerprint density at radius 3 is 2.56 bits per heavy atom. The van der Waals surface area contributed by atoms with Crippen LogP contribution in [0.15, 0.2) is 12.3 Å². The fourth-order valence-corrected chi connectivity index (χ4v) is 1.24. The number of esters is 1. The summed E-state index contributed by atoms with van der Waals surface area (Å²) in [5, 5.41) is 8.96. The second-order valence-corrected chi connectivity index (χ2v) is 3.21. The molecule has 0 aliphatic carbocycles. The largest absolute Gasteiger partial charge is 0.464 e. The number of nitrogens with zero attached hydrogens (tertiary/aromatic N) is 1. The number of hydrogen-bond donors (Lipinski definition) is 1. The van der Waals surface area contributed by atoms with Gasteiger partial charge in [-0.1, -0.05) is 0 Å². The summed E-state index contributed by atoms with van der Waals surface area (Å²) < 4.78 is 42.1. The van der Waals surface area contributed by atoms with Gasteiger partial charge in [-0.15, -0.1) is 0 Å². The molecule has 0 bridgehead atoms. The van der Waals surface area contributed by atoms with Crippen LogP contribution in [0.4, 0.5) is 13.2 Å². The van der Waals surface area contributed by atoms with E-state index in [0.29, 0.717) is 0 Å². The van der Waals surface area contributed by atoms with Crippen LogP contribution in [0.2, 0.25) is 0 Å². The molecule has 1 aromatic heterocycles.